The number of hydrogen-bond acceptors (Lipinski definition) is 1. The maximum atomic E-state index is 13.5. The summed E-state index contributed by atoms with van der Waals surface area (Å²) in [7, 11) is 0. The first-order valence-corrected chi connectivity index (χ1v) is 5.78. The molecule has 2 rings (SSSR count). The van der Waals surface area contributed by atoms with Gasteiger partial charge >= 0.3 is 0 Å². The Labute approximate surface area is 85.0 Å². The molecule has 0 amide bonds. The maximum Gasteiger partial charge on any atom is 0.258 e. The second-order valence-electron chi connectivity index (χ2n) is 4.10. The highest BCUT2D eigenvalue weighted by Crippen LogP contribution is 2.48. The fraction of sp³-hybridized carbons (Fsp3) is 1.00. The van der Waals surface area contributed by atoms with Gasteiger partial charge in [0.1, 0.15) is 0 Å². The Hall–Kier alpha value is 0.300. The molecule has 2 bridgehead atoms. The number of fused-ring (bicyclic) bond motifs is 2. The minimum atomic E-state index is -2.48. The van der Waals surface area contributed by atoms with E-state index in [1.54, 1.807) is 0 Å². The zero-order valence-electron chi connectivity index (χ0n) is 7.31. The number of hydrogen-bond donors (Lipinski definition) is 0. The van der Waals surface area contributed by atoms with Crippen LogP contribution in [0, 0.1) is 17.8 Å². The van der Waals surface area contributed by atoms with Crippen molar-refractivity contribution in [2.75, 3.05) is 18.5 Å². The lowest BCUT2D eigenvalue weighted by molar-refractivity contribution is -0.211. The highest BCUT2D eigenvalue weighted by atomic mass is 79.9. The minimum Gasteiger partial charge on any atom is -0.380 e. The lowest BCUT2D eigenvalue weighted by Gasteiger charge is -2.44. The second kappa shape index (κ2) is 3.46. The zero-order chi connectivity index (χ0) is 9.47. The van der Waals surface area contributed by atoms with Crippen LogP contribution in [0.25, 0.3) is 0 Å². The van der Waals surface area contributed by atoms with Gasteiger partial charge in [-0.1, -0.05) is 15.9 Å². The molecule has 0 radical (unpaired) electrons. The normalized spacial score (nSPS) is 43.2. The van der Waals surface area contributed by atoms with Crippen LogP contribution in [-0.4, -0.2) is 24.5 Å². The molecule has 4 heteroatoms. The van der Waals surface area contributed by atoms with E-state index in [9.17, 15) is 8.78 Å². The Morgan fingerprint density at radius 1 is 1.23 bits per heavy atom. The largest absolute Gasteiger partial charge is 0.380 e. The van der Waals surface area contributed by atoms with Gasteiger partial charge in [0.05, 0.1) is 13.2 Å². The molecule has 2 aliphatic rings. The van der Waals surface area contributed by atoms with Crippen molar-refractivity contribution in [3.8, 4) is 0 Å². The Bertz CT molecular complexity index is 182. The molecule has 1 heterocycles. The molecular formula is C9H13BrF2O. The first kappa shape index (κ1) is 9.84. The third kappa shape index (κ3) is 1.63. The van der Waals surface area contributed by atoms with Gasteiger partial charge < -0.3 is 4.74 Å². The van der Waals surface area contributed by atoms with Gasteiger partial charge in [-0.15, -0.1) is 0 Å². The van der Waals surface area contributed by atoms with Crippen molar-refractivity contribution in [1.29, 1.82) is 0 Å². The van der Waals surface area contributed by atoms with E-state index in [1.165, 1.54) is 0 Å². The standard InChI is InChI=1S/C9H13BrF2O/c10-3-6-1-7-4-13-5-8(2-6)9(7,11)12/h6-8H,1-5H2. The van der Waals surface area contributed by atoms with Crippen LogP contribution < -0.4 is 0 Å². The van der Waals surface area contributed by atoms with E-state index < -0.39 is 17.8 Å². The van der Waals surface area contributed by atoms with Gasteiger partial charge in [0.15, 0.2) is 0 Å². The van der Waals surface area contributed by atoms with E-state index in [4.69, 9.17) is 4.74 Å². The molecule has 2 atom stereocenters. The van der Waals surface area contributed by atoms with Crippen LogP contribution >= 0.6 is 15.9 Å². The van der Waals surface area contributed by atoms with E-state index >= 15 is 0 Å². The second-order valence-corrected chi connectivity index (χ2v) is 4.75. The summed E-state index contributed by atoms with van der Waals surface area (Å²) < 4.78 is 32.2. The summed E-state index contributed by atoms with van der Waals surface area (Å²) in [5.74, 6) is -3.14. The van der Waals surface area contributed by atoms with E-state index in [2.05, 4.69) is 15.9 Å². The first-order chi connectivity index (χ1) is 6.14. The predicted octanol–water partition coefficient (Wildman–Crippen LogP) is 2.69. The Balaban J connectivity index is 2.12. The van der Waals surface area contributed by atoms with Crippen LogP contribution in [0.1, 0.15) is 12.8 Å². The minimum absolute atomic E-state index is 0.243. The van der Waals surface area contributed by atoms with E-state index in [0.29, 0.717) is 18.8 Å². The fourth-order valence-electron chi connectivity index (χ4n) is 2.39. The number of alkyl halides is 3. The molecule has 2 fully saturated rings. The van der Waals surface area contributed by atoms with Crippen molar-refractivity contribution in [3.63, 3.8) is 0 Å². The molecule has 1 aliphatic carbocycles. The van der Waals surface area contributed by atoms with Gasteiger partial charge in [-0.05, 0) is 18.8 Å². The maximum absolute atomic E-state index is 13.5. The van der Waals surface area contributed by atoms with Crippen molar-refractivity contribution in [1.82, 2.24) is 0 Å². The molecule has 1 nitrogen and oxygen atoms in total. The molecule has 0 aromatic carbocycles. The van der Waals surface area contributed by atoms with Crippen molar-refractivity contribution in [2.24, 2.45) is 17.8 Å². The van der Waals surface area contributed by atoms with Gasteiger partial charge in [0.2, 0.25) is 0 Å². The third-order valence-corrected chi connectivity index (χ3v) is 4.10. The molecule has 0 N–H and O–H groups in total. The van der Waals surface area contributed by atoms with Crippen molar-refractivity contribution in [3.05, 3.63) is 0 Å². The van der Waals surface area contributed by atoms with Gasteiger partial charge in [-0.3, -0.25) is 0 Å². The van der Waals surface area contributed by atoms with Gasteiger partial charge in [0.25, 0.3) is 5.92 Å². The molecule has 0 aromatic heterocycles. The van der Waals surface area contributed by atoms with Gasteiger partial charge in [-0.2, -0.15) is 0 Å². The summed E-state index contributed by atoms with van der Waals surface area (Å²) in [5.41, 5.74) is 0. The molecule has 1 aliphatic heterocycles. The van der Waals surface area contributed by atoms with Gasteiger partial charge in [-0.25, -0.2) is 8.78 Å². The molecule has 0 aromatic rings. The Morgan fingerprint density at radius 2 is 1.77 bits per heavy atom. The molecule has 1 saturated heterocycles. The van der Waals surface area contributed by atoms with Crippen LogP contribution in [0.2, 0.25) is 0 Å². The number of ether oxygens (including phenoxy) is 1. The van der Waals surface area contributed by atoms with Crippen LogP contribution in [0.5, 0.6) is 0 Å². The highest BCUT2D eigenvalue weighted by molar-refractivity contribution is 9.09. The third-order valence-electron chi connectivity index (χ3n) is 3.18. The quantitative estimate of drug-likeness (QED) is 0.654. The van der Waals surface area contributed by atoms with Gasteiger partial charge in [0, 0.05) is 17.2 Å². The molecule has 13 heavy (non-hydrogen) atoms. The van der Waals surface area contributed by atoms with Crippen LogP contribution in [0.3, 0.4) is 0 Å². The zero-order valence-corrected chi connectivity index (χ0v) is 8.90. The summed E-state index contributed by atoms with van der Waals surface area (Å²) in [4.78, 5) is 0. The van der Waals surface area contributed by atoms with E-state index in [1.807, 2.05) is 0 Å². The summed E-state index contributed by atoms with van der Waals surface area (Å²) in [6.07, 6.45) is 1.21. The van der Waals surface area contributed by atoms with Crippen LogP contribution in [0.4, 0.5) is 8.78 Å². The van der Waals surface area contributed by atoms with E-state index in [0.717, 1.165) is 5.33 Å². The SMILES string of the molecule is FC1(F)C2COCC1CC(CBr)C2. The summed E-state index contributed by atoms with van der Waals surface area (Å²) in [5, 5.41) is 0.843. The Morgan fingerprint density at radius 3 is 2.23 bits per heavy atom. The van der Waals surface area contributed by atoms with Crippen molar-refractivity contribution >= 4 is 15.9 Å². The summed E-state index contributed by atoms with van der Waals surface area (Å²) >= 11 is 3.37. The number of rotatable bonds is 1. The highest BCUT2D eigenvalue weighted by Gasteiger charge is 2.53. The molecular weight excluding hydrogens is 242 g/mol. The predicted molar refractivity (Wildman–Crippen MR) is 49.3 cm³/mol. The summed E-state index contributed by atoms with van der Waals surface area (Å²) in [6, 6.07) is 0. The smallest absolute Gasteiger partial charge is 0.258 e. The van der Waals surface area contributed by atoms with E-state index in [-0.39, 0.29) is 13.2 Å². The average Bonchev–Trinajstić information content (AvgIpc) is 2.02. The summed E-state index contributed by atoms with van der Waals surface area (Å²) in [6.45, 7) is 0.486. The van der Waals surface area contributed by atoms with Crippen molar-refractivity contribution in [2.45, 2.75) is 18.8 Å². The molecule has 2 unspecified atom stereocenters. The first-order valence-electron chi connectivity index (χ1n) is 4.66. The van der Waals surface area contributed by atoms with Crippen molar-refractivity contribution < 1.29 is 13.5 Å². The lowest BCUT2D eigenvalue weighted by atomic mass is 9.72. The average molecular weight is 255 g/mol. The Kier molecular flexibility index (Phi) is 2.62. The molecule has 1 saturated carbocycles. The molecule has 0 spiro atoms. The number of halogens is 3. The lowest BCUT2D eigenvalue weighted by Crippen LogP contribution is -2.51. The topological polar surface area (TPSA) is 9.23 Å². The van der Waals surface area contributed by atoms with Crippen LogP contribution in [0.15, 0.2) is 0 Å². The van der Waals surface area contributed by atoms with Crippen LogP contribution in [-0.2, 0) is 4.74 Å². The fourth-order valence-corrected chi connectivity index (χ4v) is 2.91. The molecule has 76 valence electrons. The monoisotopic (exact) mass is 254 g/mol.